The van der Waals surface area contributed by atoms with Crippen LogP contribution >= 0.6 is 0 Å². The topological polar surface area (TPSA) is 58.7 Å². The Bertz CT molecular complexity index is 1250. The second-order valence-corrected chi connectivity index (χ2v) is 7.01. The molecule has 1 aromatic heterocycles. The van der Waals surface area contributed by atoms with Gasteiger partial charge in [-0.2, -0.15) is 10.4 Å². The second kappa shape index (κ2) is 8.12. The molecular weight excluding hydrogens is 358 g/mol. The Hall–Kier alpha value is -3.71. The van der Waals surface area contributed by atoms with Crippen molar-refractivity contribution in [3.05, 3.63) is 112 Å². The van der Waals surface area contributed by atoms with Crippen molar-refractivity contribution >= 4 is 10.8 Å². The summed E-state index contributed by atoms with van der Waals surface area (Å²) in [5.74, 6) is -0.611. The maximum absolute atomic E-state index is 13.4. The molecule has 0 radical (unpaired) electrons. The molecule has 142 valence electrons. The molecule has 0 aliphatic carbocycles. The minimum Gasteiger partial charge on any atom is -0.267 e. The highest BCUT2D eigenvalue weighted by molar-refractivity contribution is 5.85. The number of hydrogen-bond donors (Lipinski definition) is 0. The lowest BCUT2D eigenvalue weighted by atomic mass is 9.90. The zero-order valence-corrected chi connectivity index (χ0v) is 16.2. The molecule has 0 spiro atoms. The van der Waals surface area contributed by atoms with Crippen LogP contribution in [0.15, 0.2) is 83.8 Å². The van der Waals surface area contributed by atoms with E-state index in [9.17, 15) is 10.1 Å². The van der Waals surface area contributed by atoms with Gasteiger partial charge in [0.15, 0.2) is 0 Å². The van der Waals surface area contributed by atoms with E-state index in [2.05, 4.69) is 29.4 Å². The Morgan fingerprint density at radius 1 is 0.966 bits per heavy atom. The van der Waals surface area contributed by atoms with Gasteiger partial charge in [0.25, 0.3) is 5.56 Å². The molecular formula is C25H21N3O. The summed E-state index contributed by atoms with van der Waals surface area (Å²) >= 11 is 0. The first-order valence-corrected chi connectivity index (χ1v) is 9.73. The Labute approximate surface area is 169 Å². The Kier molecular flexibility index (Phi) is 5.22. The van der Waals surface area contributed by atoms with E-state index < -0.39 is 5.92 Å². The van der Waals surface area contributed by atoms with E-state index in [0.717, 1.165) is 27.5 Å². The molecule has 4 rings (SSSR count). The van der Waals surface area contributed by atoms with Gasteiger partial charge in [-0.3, -0.25) is 4.79 Å². The van der Waals surface area contributed by atoms with Gasteiger partial charge in [0.2, 0.25) is 0 Å². The molecule has 4 nitrogen and oxygen atoms in total. The summed E-state index contributed by atoms with van der Waals surface area (Å²) in [5.41, 5.74) is 2.99. The molecule has 1 heterocycles. The molecule has 1 unspecified atom stereocenters. The van der Waals surface area contributed by atoms with Gasteiger partial charge in [-0.15, -0.1) is 0 Å². The fraction of sp³-hybridized carbons (Fsp3) is 0.160. The van der Waals surface area contributed by atoms with Crippen LogP contribution < -0.4 is 5.56 Å². The van der Waals surface area contributed by atoms with Crippen LogP contribution in [0.1, 0.15) is 35.1 Å². The van der Waals surface area contributed by atoms with Crippen molar-refractivity contribution in [3.63, 3.8) is 0 Å². The first-order chi connectivity index (χ1) is 14.2. The van der Waals surface area contributed by atoms with Crippen LogP contribution in [0, 0.1) is 11.3 Å². The third-order valence-corrected chi connectivity index (χ3v) is 5.30. The van der Waals surface area contributed by atoms with E-state index in [1.807, 2.05) is 61.5 Å². The van der Waals surface area contributed by atoms with Crippen LogP contribution in [0.5, 0.6) is 0 Å². The maximum atomic E-state index is 13.4. The van der Waals surface area contributed by atoms with Crippen molar-refractivity contribution in [1.29, 1.82) is 5.26 Å². The number of rotatable bonds is 5. The van der Waals surface area contributed by atoms with Crippen LogP contribution in [0.3, 0.4) is 0 Å². The molecule has 0 N–H and O–H groups in total. The molecule has 3 aromatic carbocycles. The summed E-state index contributed by atoms with van der Waals surface area (Å²) in [7, 11) is 0. The number of nitriles is 1. The average Bonchev–Trinajstić information content (AvgIpc) is 2.77. The molecule has 29 heavy (non-hydrogen) atoms. The summed E-state index contributed by atoms with van der Waals surface area (Å²) < 4.78 is 1.48. The molecule has 4 aromatic rings. The molecule has 0 saturated carbocycles. The summed E-state index contributed by atoms with van der Waals surface area (Å²) in [5, 5.41) is 16.5. The normalized spacial score (nSPS) is 11.9. The average molecular weight is 379 g/mol. The lowest BCUT2D eigenvalue weighted by molar-refractivity contribution is 0.624. The van der Waals surface area contributed by atoms with Crippen molar-refractivity contribution in [1.82, 2.24) is 9.78 Å². The van der Waals surface area contributed by atoms with Gasteiger partial charge in [-0.1, -0.05) is 79.7 Å². The van der Waals surface area contributed by atoms with Crippen molar-refractivity contribution in [2.24, 2.45) is 0 Å². The number of hydrogen-bond acceptors (Lipinski definition) is 3. The Balaban J connectivity index is 1.83. The van der Waals surface area contributed by atoms with E-state index in [4.69, 9.17) is 0 Å². The summed E-state index contributed by atoms with van der Waals surface area (Å²) in [6.45, 7) is 2.35. The molecule has 0 amide bonds. The van der Waals surface area contributed by atoms with Gasteiger partial charge in [0.1, 0.15) is 5.92 Å². The van der Waals surface area contributed by atoms with E-state index >= 15 is 0 Å². The quantitative estimate of drug-likeness (QED) is 0.507. The lowest BCUT2D eigenvalue weighted by Crippen LogP contribution is -2.30. The predicted octanol–water partition coefficient (Wildman–Crippen LogP) is 4.66. The maximum Gasteiger partial charge on any atom is 0.272 e. The lowest BCUT2D eigenvalue weighted by Gasteiger charge is -2.16. The molecule has 0 aliphatic rings. The highest BCUT2D eigenvalue weighted by Crippen LogP contribution is 2.25. The van der Waals surface area contributed by atoms with Gasteiger partial charge in [-0.05, 0) is 33.9 Å². The van der Waals surface area contributed by atoms with E-state index in [-0.39, 0.29) is 5.56 Å². The smallest absolute Gasteiger partial charge is 0.267 e. The highest BCUT2D eigenvalue weighted by Gasteiger charge is 2.22. The fourth-order valence-electron chi connectivity index (χ4n) is 3.78. The zero-order valence-electron chi connectivity index (χ0n) is 16.2. The van der Waals surface area contributed by atoms with Gasteiger partial charge >= 0.3 is 0 Å². The van der Waals surface area contributed by atoms with Crippen LogP contribution in [0.2, 0.25) is 0 Å². The largest absolute Gasteiger partial charge is 0.272 e. The zero-order chi connectivity index (χ0) is 20.2. The Morgan fingerprint density at radius 3 is 2.45 bits per heavy atom. The minimum absolute atomic E-state index is 0.201. The van der Waals surface area contributed by atoms with Crippen LogP contribution in [0.25, 0.3) is 10.8 Å². The minimum atomic E-state index is -0.611. The molecule has 1 atom stereocenters. The number of aromatic nitrogens is 2. The molecule has 0 aliphatic heterocycles. The van der Waals surface area contributed by atoms with Gasteiger partial charge in [0.05, 0.1) is 18.8 Å². The number of fused-ring (bicyclic) bond motifs is 1. The molecule has 0 saturated heterocycles. The second-order valence-electron chi connectivity index (χ2n) is 7.01. The Morgan fingerprint density at radius 2 is 1.69 bits per heavy atom. The van der Waals surface area contributed by atoms with Gasteiger partial charge < -0.3 is 0 Å². The number of benzene rings is 3. The first kappa shape index (κ1) is 18.6. The van der Waals surface area contributed by atoms with Gasteiger partial charge in [-0.25, -0.2) is 4.68 Å². The fourth-order valence-corrected chi connectivity index (χ4v) is 3.78. The van der Waals surface area contributed by atoms with Crippen molar-refractivity contribution in [2.75, 3.05) is 0 Å². The third kappa shape index (κ3) is 3.55. The molecule has 0 bridgehead atoms. The van der Waals surface area contributed by atoms with Crippen molar-refractivity contribution in [3.8, 4) is 6.07 Å². The van der Waals surface area contributed by atoms with Crippen LogP contribution in [0.4, 0.5) is 0 Å². The number of nitrogens with zero attached hydrogens (tertiary/aromatic N) is 3. The van der Waals surface area contributed by atoms with Crippen molar-refractivity contribution < 1.29 is 0 Å². The SMILES string of the molecule is CCc1cnn(Cc2cccc3ccccc23)c(=O)c1C(C#N)c1ccccc1. The van der Waals surface area contributed by atoms with E-state index in [1.165, 1.54) is 4.68 Å². The van der Waals surface area contributed by atoms with E-state index in [1.54, 1.807) is 6.20 Å². The number of aryl methyl sites for hydroxylation is 1. The van der Waals surface area contributed by atoms with Crippen LogP contribution in [-0.2, 0) is 13.0 Å². The van der Waals surface area contributed by atoms with Crippen LogP contribution in [-0.4, -0.2) is 9.78 Å². The predicted molar refractivity (Wildman–Crippen MR) is 115 cm³/mol. The summed E-state index contributed by atoms with van der Waals surface area (Å²) in [6, 6.07) is 26.0. The molecule has 4 heteroatoms. The summed E-state index contributed by atoms with van der Waals surface area (Å²) in [4.78, 5) is 13.4. The molecule has 0 fully saturated rings. The first-order valence-electron chi connectivity index (χ1n) is 9.73. The van der Waals surface area contributed by atoms with Crippen molar-refractivity contribution in [2.45, 2.75) is 25.8 Å². The monoisotopic (exact) mass is 379 g/mol. The highest BCUT2D eigenvalue weighted by atomic mass is 16.1. The van der Waals surface area contributed by atoms with Gasteiger partial charge in [0, 0.05) is 5.56 Å². The van der Waals surface area contributed by atoms with E-state index in [0.29, 0.717) is 18.5 Å². The standard InChI is InChI=1S/C25H21N3O/c1-2-18-16-27-28(17-21-13-8-12-19-11-6-7-14-22(19)21)25(29)24(18)23(15-26)20-9-4-3-5-10-20/h3-14,16,23H,2,17H2,1H3. The third-order valence-electron chi connectivity index (χ3n) is 5.30. The summed E-state index contributed by atoms with van der Waals surface area (Å²) in [6.07, 6.45) is 2.38.